The number of hydrogen-bond acceptors (Lipinski definition) is 3. The predicted molar refractivity (Wildman–Crippen MR) is 91.9 cm³/mol. The summed E-state index contributed by atoms with van der Waals surface area (Å²) in [5.41, 5.74) is 0.504. The molecule has 0 aromatic heterocycles. The molecule has 1 aromatic carbocycles. The van der Waals surface area contributed by atoms with E-state index >= 15 is 0 Å². The van der Waals surface area contributed by atoms with Crippen molar-refractivity contribution in [2.45, 2.75) is 19.4 Å². The van der Waals surface area contributed by atoms with Crippen molar-refractivity contribution in [1.82, 2.24) is 10.6 Å². The fourth-order valence-corrected chi connectivity index (χ4v) is 3.07. The maximum atomic E-state index is 13.8. The summed E-state index contributed by atoms with van der Waals surface area (Å²) in [6.07, 6.45) is 1.61. The number of guanidine groups is 1. The normalized spacial score (nSPS) is 21.5. The lowest BCUT2D eigenvalue weighted by atomic mass is 9.84. The van der Waals surface area contributed by atoms with E-state index in [1.54, 1.807) is 19.2 Å². The third-order valence-electron chi connectivity index (χ3n) is 4.14. The van der Waals surface area contributed by atoms with Gasteiger partial charge in [0.05, 0.1) is 6.61 Å². The lowest BCUT2D eigenvalue weighted by molar-refractivity contribution is 0.127. The third-order valence-corrected chi connectivity index (χ3v) is 4.63. The average molecular weight is 388 g/mol. The first-order chi connectivity index (χ1) is 11.1. The maximum Gasteiger partial charge on any atom is 0.191 e. The van der Waals surface area contributed by atoms with Crippen LogP contribution in [0.25, 0.3) is 0 Å². The summed E-state index contributed by atoms with van der Waals surface area (Å²) in [6.45, 7) is 2.50. The number of aliphatic hydroxyl groups is 1. The van der Waals surface area contributed by atoms with E-state index in [-0.39, 0.29) is 17.8 Å². The molecule has 3 N–H and O–H groups in total. The van der Waals surface area contributed by atoms with Gasteiger partial charge >= 0.3 is 0 Å². The minimum Gasteiger partial charge on any atom is -0.396 e. The number of aliphatic imine (C=N–C) groups is 1. The quantitative estimate of drug-likeness (QED) is 0.516. The van der Waals surface area contributed by atoms with Gasteiger partial charge in [0.25, 0.3) is 0 Å². The lowest BCUT2D eigenvalue weighted by Gasteiger charge is -2.27. The number of halogens is 2. The monoisotopic (exact) mass is 387 g/mol. The molecule has 1 aromatic rings. The number of nitrogens with one attached hydrogen (secondary N) is 2. The van der Waals surface area contributed by atoms with Gasteiger partial charge in [0.15, 0.2) is 5.96 Å². The molecule has 0 spiro atoms. The van der Waals surface area contributed by atoms with Crippen molar-refractivity contribution >= 4 is 21.9 Å². The van der Waals surface area contributed by atoms with E-state index in [2.05, 4.69) is 31.6 Å². The lowest BCUT2D eigenvalue weighted by Crippen LogP contribution is -2.44. The van der Waals surface area contributed by atoms with Crippen molar-refractivity contribution in [2.24, 2.45) is 10.4 Å². The smallest absolute Gasteiger partial charge is 0.191 e. The number of hydrogen-bond donors (Lipinski definition) is 3. The Morgan fingerprint density at radius 1 is 1.48 bits per heavy atom. The molecule has 0 aliphatic carbocycles. The molecule has 1 heterocycles. The van der Waals surface area contributed by atoms with Crippen LogP contribution in [0.5, 0.6) is 0 Å². The Morgan fingerprint density at radius 2 is 2.30 bits per heavy atom. The molecule has 2 rings (SSSR count). The molecule has 5 nitrogen and oxygen atoms in total. The van der Waals surface area contributed by atoms with Crippen molar-refractivity contribution in [3.8, 4) is 0 Å². The van der Waals surface area contributed by atoms with E-state index in [1.165, 1.54) is 6.07 Å². The number of nitrogens with zero attached hydrogens (tertiary/aromatic N) is 1. The standard InChI is InChI=1S/C16H23BrFN3O2/c1-19-15(20-9-12-8-13(17)2-3-14(12)18)21-10-16(4-6-22)5-7-23-11-16/h2-3,8,22H,4-7,9-11H2,1H3,(H2,19,20,21). The van der Waals surface area contributed by atoms with Crippen LogP contribution in [-0.4, -0.2) is 44.5 Å². The van der Waals surface area contributed by atoms with E-state index in [0.29, 0.717) is 37.6 Å². The van der Waals surface area contributed by atoms with Gasteiger partial charge in [-0.2, -0.15) is 0 Å². The molecule has 1 saturated heterocycles. The van der Waals surface area contributed by atoms with Gasteiger partial charge in [0.1, 0.15) is 5.82 Å². The van der Waals surface area contributed by atoms with Crippen molar-refractivity contribution in [3.63, 3.8) is 0 Å². The maximum absolute atomic E-state index is 13.8. The summed E-state index contributed by atoms with van der Waals surface area (Å²) < 4.78 is 20.1. The molecular weight excluding hydrogens is 365 g/mol. The molecule has 1 atom stereocenters. The molecule has 0 saturated carbocycles. The molecular formula is C16H23BrFN3O2. The Labute approximate surface area is 144 Å². The molecule has 1 unspecified atom stereocenters. The highest BCUT2D eigenvalue weighted by Crippen LogP contribution is 2.31. The fraction of sp³-hybridized carbons (Fsp3) is 0.562. The molecule has 7 heteroatoms. The number of rotatable bonds is 6. The van der Waals surface area contributed by atoms with Crippen LogP contribution in [0, 0.1) is 11.2 Å². The van der Waals surface area contributed by atoms with E-state index < -0.39 is 0 Å². The van der Waals surface area contributed by atoms with Crippen molar-refractivity contribution in [1.29, 1.82) is 0 Å². The number of ether oxygens (including phenoxy) is 1. The van der Waals surface area contributed by atoms with Crippen molar-refractivity contribution in [3.05, 3.63) is 34.1 Å². The SMILES string of the molecule is CN=C(NCc1cc(Br)ccc1F)NCC1(CCO)CCOC1. The van der Waals surface area contributed by atoms with Gasteiger partial charge in [-0.1, -0.05) is 15.9 Å². The summed E-state index contributed by atoms with van der Waals surface area (Å²) in [7, 11) is 1.68. The van der Waals surface area contributed by atoms with Crippen LogP contribution in [0.1, 0.15) is 18.4 Å². The van der Waals surface area contributed by atoms with E-state index in [4.69, 9.17) is 4.74 Å². The van der Waals surface area contributed by atoms with Gasteiger partial charge in [-0.05, 0) is 31.0 Å². The predicted octanol–water partition coefficient (Wildman–Crippen LogP) is 2.04. The van der Waals surface area contributed by atoms with Crippen LogP contribution in [0.4, 0.5) is 4.39 Å². The number of aliphatic hydroxyl groups excluding tert-OH is 1. The molecule has 23 heavy (non-hydrogen) atoms. The van der Waals surface area contributed by atoms with Crippen LogP contribution < -0.4 is 10.6 Å². The van der Waals surface area contributed by atoms with Crippen LogP contribution in [0.15, 0.2) is 27.7 Å². The second kappa shape index (κ2) is 8.61. The van der Waals surface area contributed by atoms with Crippen LogP contribution >= 0.6 is 15.9 Å². The van der Waals surface area contributed by atoms with Gasteiger partial charge in [-0.25, -0.2) is 4.39 Å². The van der Waals surface area contributed by atoms with Gasteiger partial charge < -0.3 is 20.5 Å². The summed E-state index contributed by atoms with van der Waals surface area (Å²) in [5, 5.41) is 15.6. The Bertz CT molecular complexity index is 548. The molecule has 1 fully saturated rings. The van der Waals surface area contributed by atoms with Crippen LogP contribution in [-0.2, 0) is 11.3 Å². The molecule has 0 radical (unpaired) electrons. The summed E-state index contributed by atoms with van der Waals surface area (Å²) in [5.74, 6) is 0.352. The first kappa shape index (κ1) is 18.2. The van der Waals surface area contributed by atoms with E-state index in [1.807, 2.05) is 0 Å². The second-order valence-corrected chi connectivity index (χ2v) is 6.71. The fourth-order valence-electron chi connectivity index (χ4n) is 2.66. The van der Waals surface area contributed by atoms with Crippen molar-refractivity contribution < 1.29 is 14.2 Å². The summed E-state index contributed by atoms with van der Waals surface area (Å²) in [4.78, 5) is 4.16. The minimum atomic E-state index is -0.253. The van der Waals surface area contributed by atoms with Crippen molar-refractivity contribution in [2.75, 3.05) is 33.4 Å². The Balaban J connectivity index is 1.89. The van der Waals surface area contributed by atoms with Gasteiger partial charge in [0.2, 0.25) is 0 Å². The zero-order valence-corrected chi connectivity index (χ0v) is 14.8. The minimum absolute atomic E-state index is 0.0621. The average Bonchev–Trinajstić information content (AvgIpc) is 3.00. The summed E-state index contributed by atoms with van der Waals surface area (Å²) >= 11 is 3.34. The highest BCUT2D eigenvalue weighted by atomic mass is 79.9. The van der Waals surface area contributed by atoms with Crippen LogP contribution in [0.3, 0.4) is 0 Å². The van der Waals surface area contributed by atoms with Gasteiger partial charge in [-0.3, -0.25) is 4.99 Å². The second-order valence-electron chi connectivity index (χ2n) is 5.79. The first-order valence-electron chi connectivity index (χ1n) is 7.66. The molecule has 0 amide bonds. The molecule has 1 aliphatic heterocycles. The highest BCUT2D eigenvalue weighted by Gasteiger charge is 2.34. The Kier molecular flexibility index (Phi) is 6.80. The largest absolute Gasteiger partial charge is 0.396 e. The summed E-state index contributed by atoms with van der Waals surface area (Å²) in [6, 6.07) is 4.85. The topological polar surface area (TPSA) is 65.9 Å². The van der Waals surface area contributed by atoms with E-state index in [9.17, 15) is 9.50 Å². The van der Waals surface area contributed by atoms with E-state index in [0.717, 1.165) is 17.5 Å². The first-order valence-corrected chi connectivity index (χ1v) is 8.45. The van der Waals surface area contributed by atoms with Gasteiger partial charge in [0, 0.05) is 48.8 Å². The van der Waals surface area contributed by atoms with Crippen LogP contribution in [0.2, 0.25) is 0 Å². The Morgan fingerprint density at radius 3 is 2.96 bits per heavy atom. The molecule has 128 valence electrons. The zero-order valence-electron chi connectivity index (χ0n) is 13.2. The highest BCUT2D eigenvalue weighted by molar-refractivity contribution is 9.10. The Hall–Kier alpha value is -1.18. The third kappa shape index (κ3) is 5.16. The molecule has 0 bridgehead atoms. The van der Waals surface area contributed by atoms with Gasteiger partial charge in [-0.15, -0.1) is 0 Å². The number of benzene rings is 1. The molecule has 1 aliphatic rings. The zero-order chi connectivity index (χ0) is 16.7.